The second-order valence-electron chi connectivity index (χ2n) is 5.53. The Hall–Kier alpha value is -1.06. The number of hydrogen-bond acceptors (Lipinski definition) is 2. The number of rotatable bonds is 11. The summed E-state index contributed by atoms with van der Waals surface area (Å²) in [4.78, 5) is 22.1. The number of carboxylic acids is 1. The highest BCUT2D eigenvalue weighted by Gasteiger charge is 2.15. The minimum atomic E-state index is -0.741. The second-order valence-corrected chi connectivity index (χ2v) is 5.53. The molecule has 0 aliphatic carbocycles. The number of hydrogen-bond donors (Lipinski definition) is 2. The zero-order chi connectivity index (χ0) is 14.7. The fraction of sp³-hybridized carbons (Fsp3) is 0.867. The van der Waals surface area contributed by atoms with Gasteiger partial charge in [0.25, 0.3) is 0 Å². The van der Waals surface area contributed by atoms with Crippen molar-refractivity contribution < 1.29 is 14.7 Å². The maximum atomic E-state index is 11.5. The molecule has 0 aliphatic heterocycles. The van der Waals surface area contributed by atoms with Crippen molar-refractivity contribution >= 4 is 11.9 Å². The summed E-state index contributed by atoms with van der Waals surface area (Å²) in [5.74, 6) is 0.201. The average Bonchev–Trinajstić information content (AvgIpc) is 2.33. The summed E-state index contributed by atoms with van der Waals surface area (Å²) < 4.78 is 0. The van der Waals surface area contributed by atoms with E-state index < -0.39 is 5.97 Å². The molecule has 0 rings (SSSR count). The molecule has 2 N–H and O–H groups in total. The lowest BCUT2D eigenvalue weighted by Gasteiger charge is -2.20. The normalized spacial score (nSPS) is 12.4. The highest BCUT2D eigenvalue weighted by Crippen LogP contribution is 2.20. The van der Waals surface area contributed by atoms with Crippen molar-refractivity contribution in [1.82, 2.24) is 5.32 Å². The number of nitrogens with one attached hydrogen (secondary N) is 1. The molecule has 4 heteroatoms. The number of amides is 1. The lowest BCUT2D eigenvalue weighted by atomic mass is 9.88. The molecule has 0 fully saturated rings. The van der Waals surface area contributed by atoms with E-state index in [1.54, 1.807) is 0 Å². The van der Waals surface area contributed by atoms with Gasteiger partial charge in [0.1, 0.15) is 0 Å². The highest BCUT2D eigenvalue weighted by atomic mass is 16.4. The molecule has 4 nitrogen and oxygen atoms in total. The number of carbonyl (C=O) groups excluding carboxylic acids is 1. The van der Waals surface area contributed by atoms with Crippen LogP contribution in [0.4, 0.5) is 0 Å². The zero-order valence-electron chi connectivity index (χ0n) is 12.6. The van der Waals surface area contributed by atoms with Crippen LogP contribution in [-0.2, 0) is 9.59 Å². The van der Waals surface area contributed by atoms with E-state index in [0.717, 1.165) is 25.7 Å². The van der Waals surface area contributed by atoms with Crippen LogP contribution in [0.25, 0.3) is 0 Å². The van der Waals surface area contributed by atoms with Crippen LogP contribution in [0.2, 0.25) is 0 Å². The largest absolute Gasteiger partial charge is 0.481 e. The maximum absolute atomic E-state index is 11.5. The Labute approximate surface area is 117 Å². The van der Waals surface area contributed by atoms with Crippen LogP contribution in [-0.4, -0.2) is 23.5 Å². The molecule has 0 aromatic heterocycles. The molecule has 112 valence electrons. The number of aliphatic carboxylic acids is 1. The van der Waals surface area contributed by atoms with E-state index in [1.807, 2.05) is 0 Å². The summed E-state index contributed by atoms with van der Waals surface area (Å²) in [6.45, 7) is 6.99. The van der Waals surface area contributed by atoms with Crippen molar-refractivity contribution in [3.05, 3.63) is 0 Å². The van der Waals surface area contributed by atoms with Gasteiger partial charge in [-0.25, -0.2) is 0 Å². The quantitative estimate of drug-likeness (QED) is 0.567. The Morgan fingerprint density at radius 3 is 2.32 bits per heavy atom. The molecule has 0 saturated heterocycles. The topological polar surface area (TPSA) is 66.4 Å². The van der Waals surface area contributed by atoms with Crippen molar-refractivity contribution in [2.45, 2.75) is 65.7 Å². The molecule has 0 radical (unpaired) electrons. The van der Waals surface area contributed by atoms with E-state index in [-0.39, 0.29) is 12.3 Å². The molecule has 0 spiro atoms. The van der Waals surface area contributed by atoms with Crippen LogP contribution in [0.1, 0.15) is 65.7 Å². The predicted octanol–water partition coefficient (Wildman–Crippen LogP) is 3.21. The summed E-state index contributed by atoms with van der Waals surface area (Å²) in [5.41, 5.74) is 0. The third kappa shape index (κ3) is 10.5. The number of carboxylic acid groups (broad SMARTS) is 1. The molecule has 19 heavy (non-hydrogen) atoms. The Morgan fingerprint density at radius 1 is 1.11 bits per heavy atom. The standard InChI is InChI=1S/C15H29NO3/c1-4-5-6-7-14(17)16-11-10-13(12(2)3)8-9-15(18)19/h12-13H,4-11H2,1-3H3,(H,16,17)(H,18,19). The minimum absolute atomic E-state index is 0.120. The van der Waals surface area contributed by atoms with Crippen molar-refractivity contribution in [2.24, 2.45) is 11.8 Å². The summed E-state index contributed by atoms with van der Waals surface area (Å²) in [6, 6.07) is 0. The van der Waals surface area contributed by atoms with E-state index in [4.69, 9.17) is 5.11 Å². The van der Waals surface area contributed by atoms with Gasteiger partial charge in [-0.3, -0.25) is 9.59 Å². The highest BCUT2D eigenvalue weighted by molar-refractivity contribution is 5.75. The van der Waals surface area contributed by atoms with Gasteiger partial charge in [0.05, 0.1) is 0 Å². The van der Waals surface area contributed by atoms with Gasteiger partial charge in [-0.05, 0) is 31.1 Å². The number of unbranched alkanes of at least 4 members (excludes halogenated alkanes) is 2. The second kappa shape index (κ2) is 10.8. The molecule has 0 aromatic carbocycles. The van der Waals surface area contributed by atoms with Crippen LogP contribution in [0.5, 0.6) is 0 Å². The molecular formula is C15H29NO3. The molecule has 0 heterocycles. The molecule has 1 amide bonds. The van der Waals surface area contributed by atoms with Gasteiger partial charge in [0.15, 0.2) is 0 Å². The fourth-order valence-corrected chi connectivity index (χ4v) is 2.14. The van der Waals surface area contributed by atoms with E-state index in [1.165, 1.54) is 0 Å². The van der Waals surface area contributed by atoms with Gasteiger partial charge in [-0.2, -0.15) is 0 Å². The summed E-state index contributed by atoms with van der Waals surface area (Å²) in [5, 5.41) is 11.6. The fourth-order valence-electron chi connectivity index (χ4n) is 2.14. The average molecular weight is 271 g/mol. The maximum Gasteiger partial charge on any atom is 0.303 e. The van der Waals surface area contributed by atoms with Gasteiger partial charge in [0, 0.05) is 19.4 Å². The van der Waals surface area contributed by atoms with Crippen LogP contribution < -0.4 is 5.32 Å². The third-order valence-corrected chi connectivity index (χ3v) is 3.52. The number of carbonyl (C=O) groups is 2. The Balaban J connectivity index is 3.79. The van der Waals surface area contributed by atoms with Gasteiger partial charge in [-0.1, -0.05) is 33.6 Å². The van der Waals surface area contributed by atoms with Gasteiger partial charge >= 0.3 is 5.97 Å². The summed E-state index contributed by atoms with van der Waals surface area (Å²) in [7, 11) is 0. The van der Waals surface area contributed by atoms with Crippen LogP contribution >= 0.6 is 0 Å². The molecule has 0 aliphatic rings. The lowest BCUT2D eigenvalue weighted by Crippen LogP contribution is -2.26. The molecule has 1 atom stereocenters. The monoisotopic (exact) mass is 271 g/mol. The first-order chi connectivity index (χ1) is 8.97. The van der Waals surface area contributed by atoms with Crippen LogP contribution in [0, 0.1) is 11.8 Å². The van der Waals surface area contributed by atoms with Crippen LogP contribution in [0.3, 0.4) is 0 Å². The Morgan fingerprint density at radius 2 is 1.79 bits per heavy atom. The van der Waals surface area contributed by atoms with E-state index >= 15 is 0 Å². The van der Waals surface area contributed by atoms with Gasteiger partial charge in [0.2, 0.25) is 5.91 Å². The molecule has 0 bridgehead atoms. The zero-order valence-corrected chi connectivity index (χ0v) is 12.6. The van der Waals surface area contributed by atoms with Crippen molar-refractivity contribution in [1.29, 1.82) is 0 Å². The van der Waals surface area contributed by atoms with Crippen molar-refractivity contribution in [3.8, 4) is 0 Å². The molecule has 1 unspecified atom stereocenters. The lowest BCUT2D eigenvalue weighted by molar-refractivity contribution is -0.137. The van der Waals surface area contributed by atoms with Gasteiger partial charge < -0.3 is 10.4 Å². The van der Waals surface area contributed by atoms with Crippen molar-refractivity contribution in [3.63, 3.8) is 0 Å². The van der Waals surface area contributed by atoms with E-state index in [9.17, 15) is 9.59 Å². The molecular weight excluding hydrogens is 242 g/mol. The van der Waals surface area contributed by atoms with Gasteiger partial charge in [-0.15, -0.1) is 0 Å². The minimum Gasteiger partial charge on any atom is -0.481 e. The summed E-state index contributed by atoms with van der Waals surface area (Å²) in [6.07, 6.45) is 5.55. The summed E-state index contributed by atoms with van der Waals surface area (Å²) >= 11 is 0. The first-order valence-corrected chi connectivity index (χ1v) is 7.45. The Kier molecular flexibility index (Phi) is 10.2. The van der Waals surface area contributed by atoms with Crippen molar-refractivity contribution in [2.75, 3.05) is 6.54 Å². The molecule has 0 saturated carbocycles. The van der Waals surface area contributed by atoms with E-state index in [0.29, 0.717) is 31.2 Å². The SMILES string of the molecule is CCCCCC(=O)NCCC(CCC(=O)O)C(C)C. The molecule has 0 aromatic rings. The third-order valence-electron chi connectivity index (χ3n) is 3.52. The first-order valence-electron chi connectivity index (χ1n) is 7.45. The Bertz CT molecular complexity index is 264. The smallest absolute Gasteiger partial charge is 0.303 e. The predicted molar refractivity (Wildman–Crippen MR) is 77.0 cm³/mol. The van der Waals surface area contributed by atoms with E-state index in [2.05, 4.69) is 26.1 Å². The van der Waals surface area contributed by atoms with Crippen LogP contribution in [0.15, 0.2) is 0 Å². The first kappa shape index (κ1) is 17.9.